The number of aryl methyl sites for hydroxylation is 4. The Bertz CT molecular complexity index is 1040. The topological polar surface area (TPSA) is 69.8 Å². The monoisotopic (exact) mass is 515 g/mol. The van der Waals surface area contributed by atoms with Crippen LogP contribution in [0.15, 0.2) is 51.7 Å². The fraction of sp³-hybridized carbons (Fsp3) is 0.261. The first-order chi connectivity index (χ1) is 13.7. The highest BCUT2D eigenvalue weighted by Crippen LogP contribution is 2.24. The van der Waals surface area contributed by atoms with E-state index in [0.717, 1.165) is 26.9 Å². The molecule has 0 saturated carbocycles. The summed E-state index contributed by atoms with van der Waals surface area (Å²) in [5.41, 5.74) is 6.67. The van der Waals surface area contributed by atoms with Crippen LogP contribution in [0.4, 0.5) is 0 Å². The highest BCUT2D eigenvalue weighted by Gasteiger charge is 2.12. The van der Waals surface area contributed by atoms with E-state index in [2.05, 4.69) is 54.0 Å². The fourth-order valence-electron chi connectivity index (χ4n) is 2.81. The number of pyridine rings is 2. The summed E-state index contributed by atoms with van der Waals surface area (Å²) in [6.45, 7) is 8.03. The number of aliphatic hydroxyl groups excluding tert-OH is 1. The largest absolute Gasteiger partial charge is 0.388 e. The fourth-order valence-corrected chi connectivity index (χ4v) is 3.75. The van der Waals surface area contributed by atoms with Gasteiger partial charge in [0.2, 0.25) is 0 Å². The minimum Gasteiger partial charge on any atom is -0.388 e. The van der Waals surface area contributed by atoms with Crippen LogP contribution in [0, 0.1) is 39.0 Å². The van der Waals surface area contributed by atoms with Crippen molar-refractivity contribution in [2.24, 2.45) is 0 Å². The summed E-state index contributed by atoms with van der Waals surface area (Å²) < 4.78 is 1.74. The predicted octanol–water partition coefficient (Wildman–Crippen LogP) is 6.07. The summed E-state index contributed by atoms with van der Waals surface area (Å²) in [5.74, 6) is 0. The van der Waals surface area contributed by atoms with E-state index in [1.807, 2.05) is 58.2 Å². The van der Waals surface area contributed by atoms with Crippen LogP contribution >= 0.6 is 31.9 Å². The molecule has 0 fully saturated rings. The highest BCUT2D eigenvalue weighted by atomic mass is 79.9. The summed E-state index contributed by atoms with van der Waals surface area (Å²) in [7, 11) is 0. The van der Waals surface area contributed by atoms with Gasteiger partial charge in [-0.05, 0) is 93.9 Å². The molecule has 0 spiro atoms. The van der Waals surface area contributed by atoms with Gasteiger partial charge in [-0.15, -0.1) is 0 Å². The van der Waals surface area contributed by atoms with Crippen molar-refractivity contribution in [3.8, 4) is 6.07 Å². The molecule has 0 radical (unpaired) electrons. The molecule has 6 heteroatoms. The molecule has 4 nitrogen and oxygen atoms in total. The molecule has 1 N–H and O–H groups in total. The van der Waals surface area contributed by atoms with Gasteiger partial charge in [-0.2, -0.15) is 5.26 Å². The van der Waals surface area contributed by atoms with E-state index in [1.54, 1.807) is 6.20 Å². The number of nitriles is 1. The van der Waals surface area contributed by atoms with E-state index in [4.69, 9.17) is 5.26 Å². The third-order valence-electron chi connectivity index (χ3n) is 4.38. The maximum Gasteiger partial charge on any atom is 0.154 e. The predicted molar refractivity (Wildman–Crippen MR) is 123 cm³/mol. The van der Waals surface area contributed by atoms with Gasteiger partial charge in [-0.25, -0.2) is 4.98 Å². The van der Waals surface area contributed by atoms with Gasteiger partial charge < -0.3 is 5.11 Å². The van der Waals surface area contributed by atoms with Crippen molar-refractivity contribution in [1.82, 2.24) is 9.97 Å². The molecular weight excluding hydrogens is 494 g/mol. The van der Waals surface area contributed by atoms with Crippen LogP contribution in [-0.2, 0) is 6.42 Å². The van der Waals surface area contributed by atoms with Gasteiger partial charge >= 0.3 is 0 Å². The van der Waals surface area contributed by atoms with Crippen molar-refractivity contribution in [3.05, 3.63) is 90.9 Å². The summed E-state index contributed by atoms with van der Waals surface area (Å²) in [4.78, 5) is 8.19. The standard InChI is InChI=1S/C16H15BrN2O.C7H8BrN/c1-10-3-4-13(11(2)5-10)16(20)7-12-6-14(17)15(8-18)19-9-12;1-5-3-7(8)6(2)9-4-5/h3-6,9,16,20H,7H2,1-2H3;3-4H,1-2H3. The van der Waals surface area contributed by atoms with Crippen LogP contribution in [-0.4, -0.2) is 15.1 Å². The molecule has 2 heterocycles. The van der Waals surface area contributed by atoms with Gasteiger partial charge in [0, 0.05) is 23.3 Å². The summed E-state index contributed by atoms with van der Waals surface area (Å²) in [6, 6.07) is 11.9. The Morgan fingerprint density at radius 1 is 0.966 bits per heavy atom. The Kier molecular flexibility index (Phi) is 8.51. The molecule has 0 saturated heterocycles. The number of hydrogen-bond acceptors (Lipinski definition) is 4. The van der Waals surface area contributed by atoms with Crippen molar-refractivity contribution in [2.75, 3.05) is 0 Å². The van der Waals surface area contributed by atoms with Gasteiger partial charge in [0.05, 0.1) is 16.3 Å². The lowest BCUT2D eigenvalue weighted by molar-refractivity contribution is 0.177. The summed E-state index contributed by atoms with van der Waals surface area (Å²) >= 11 is 6.69. The minimum atomic E-state index is -0.572. The van der Waals surface area contributed by atoms with E-state index in [-0.39, 0.29) is 0 Å². The first-order valence-electron chi connectivity index (χ1n) is 9.09. The molecule has 29 heavy (non-hydrogen) atoms. The number of halogens is 2. The molecule has 150 valence electrons. The van der Waals surface area contributed by atoms with E-state index in [0.29, 0.717) is 16.6 Å². The first kappa shape index (κ1) is 23.2. The van der Waals surface area contributed by atoms with Gasteiger partial charge in [-0.3, -0.25) is 4.98 Å². The zero-order chi connectivity index (χ0) is 21.6. The highest BCUT2D eigenvalue weighted by molar-refractivity contribution is 9.10. The van der Waals surface area contributed by atoms with Crippen LogP contribution in [0.25, 0.3) is 0 Å². The van der Waals surface area contributed by atoms with Crippen molar-refractivity contribution in [1.29, 1.82) is 5.26 Å². The number of aliphatic hydroxyl groups is 1. The number of nitrogens with zero attached hydrogens (tertiary/aromatic N) is 3. The van der Waals surface area contributed by atoms with E-state index in [1.165, 1.54) is 11.1 Å². The third kappa shape index (κ3) is 6.74. The number of rotatable bonds is 3. The second-order valence-electron chi connectivity index (χ2n) is 6.95. The Hall–Kier alpha value is -2.07. The Morgan fingerprint density at radius 3 is 2.24 bits per heavy atom. The van der Waals surface area contributed by atoms with E-state index >= 15 is 0 Å². The van der Waals surface area contributed by atoms with Crippen LogP contribution in [0.1, 0.15) is 45.3 Å². The minimum absolute atomic E-state index is 0.356. The lowest BCUT2D eigenvalue weighted by Crippen LogP contribution is -2.05. The van der Waals surface area contributed by atoms with Gasteiger partial charge in [0.1, 0.15) is 6.07 Å². The second-order valence-corrected chi connectivity index (χ2v) is 8.65. The average Bonchev–Trinajstić information content (AvgIpc) is 2.65. The number of aromatic nitrogens is 2. The molecule has 1 unspecified atom stereocenters. The average molecular weight is 517 g/mol. The van der Waals surface area contributed by atoms with Gasteiger partial charge in [-0.1, -0.05) is 23.8 Å². The number of benzene rings is 1. The second kappa shape index (κ2) is 10.6. The lowest BCUT2D eigenvalue weighted by Gasteiger charge is -2.14. The van der Waals surface area contributed by atoms with Crippen LogP contribution in [0.5, 0.6) is 0 Å². The molecule has 0 bridgehead atoms. The molecule has 0 aliphatic heterocycles. The molecule has 1 atom stereocenters. The van der Waals surface area contributed by atoms with E-state index < -0.39 is 6.10 Å². The normalized spacial score (nSPS) is 11.2. The zero-order valence-electron chi connectivity index (χ0n) is 16.9. The third-order valence-corrected chi connectivity index (χ3v) is 5.79. The van der Waals surface area contributed by atoms with Crippen molar-refractivity contribution < 1.29 is 5.11 Å². The van der Waals surface area contributed by atoms with Crippen molar-refractivity contribution >= 4 is 31.9 Å². The smallest absolute Gasteiger partial charge is 0.154 e. The maximum atomic E-state index is 10.4. The molecule has 0 aliphatic rings. The summed E-state index contributed by atoms with van der Waals surface area (Å²) in [6.07, 6.45) is 3.40. The van der Waals surface area contributed by atoms with E-state index in [9.17, 15) is 5.11 Å². The maximum absolute atomic E-state index is 10.4. The Morgan fingerprint density at radius 2 is 1.69 bits per heavy atom. The Balaban J connectivity index is 0.000000278. The quantitative estimate of drug-likeness (QED) is 0.458. The molecule has 3 aromatic rings. The van der Waals surface area contributed by atoms with Crippen molar-refractivity contribution in [3.63, 3.8) is 0 Å². The molecular formula is C23H23Br2N3O. The lowest BCUT2D eigenvalue weighted by atomic mass is 9.97. The SMILES string of the molecule is Cc1ccc(C(O)Cc2cnc(C#N)c(Br)c2)c(C)c1.Cc1cnc(C)c(Br)c1. The van der Waals surface area contributed by atoms with Crippen molar-refractivity contribution in [2.45, 2.75) is 40.2 Å². The molecule has 1 aromatic carbocycles. The van der Waals surface area contributed by atoms with Crippen LogP contribution in [0.2, 0.25) is 0 Å². The summed E-state index contributed by atoms with van der Waals surface area (Å²) in [5, 5.41) is 19.2. The molecule has 3 rings (SSSR count). The van der Waals surface area contributed by atoms with Gasteiger partial charge in [0.15, 0.2) is 5.69 Å². The van der Waals surface area contributed by atoms with Crippen LogP contribution < -0.4 is 0 Å². The molecule has 0 amide bonds. The number of hydrogen-bond donors (Lipinski definition) is 1. The Labute approximate surface area is 188 Å². The first-order valence-corrected chi connectivity index (χ1v) is 10.7. The van der Waals surface area contributed by atoms with Gasteiger partial charge in [0.25, 0.3) is 0 Å². The van der Waals surface area contributed by atoms with Crippen LogP contribution in [0.3, 0.4) is 0 Å². The zero-order valence-corrected chi connectivity index (χ0v) is 20.0. The molecule has 2 aromatic heterocycles. The molecule has 0 aliphatic carbocycles.